The minimum atomic E-state index is -0.490. The average Bonchev–Trinajstić information content (AvgIpc) is 3.34. The highest BCUT2D eigenvalue weighted by Crippen LogP contribution is 2.41. The van der Waals surface area contributed by atoms with Gasteiger partial charge >= 0.3 is 5.97 Å². The van der Waals surface area contributed by atoms with Gasteiger partial charge in [0.15, 0.2) is 5.79 Å². The molecule has 1 aliphatic heterocycles. The molecule has 5 atom stereocenters. The van der Waals surface area contributed by atoms with E-state index in [1.165, 1.54) is 20.0 Å². The lowest BCUT2D eigenvalue weighted by Crippen LogP contribution is -2.32. The average molecular weight is 457 g/mol. The third-order valence-corrected chi connectivity index (χ3v) is 7.01. The summed E-state index contributed by atoms with van der Waals surface area (Å²) >= 11 is 0. The maximum absolute atomic E-state index is 12.7. The number of ether oxygens (including phenoxy) is 3. The van der Waals surface area contributed by atoms with Gasteiger partial charge in [0.25, 0.3) is 0 Å². The molecule has 1 aliphatic carbocycles. The van der Waals surface area contributed by atoms with Crippen LogP contribution in [0.1, 0.15) is 78.1 Å². The summed E-state index contributed by atoms with van der Waals surface area (Å²) in [5.41, 5.74) is 0. The molecule has 0 aromatic rings. The number of unbranched alkanes of at least 4 members (excludes halogenated alkanes) is 2. The van der Waals surface area contributed by atoms with Crippen molar-refractivity contribution < 1.29 is 28.3 Å². The first kappa shape index (κ1) is 26.4. The Balaban J connectivity index is 1.91. The molecule has 1 saturated carbocycles. The second kappa shape index (κ2) is 13.7. The number of methoxy groups -OCH3 is 1. The minimum Gasteiger partial charge on any atom is -0.469 e. The van der Waals surface area contributed by atoms with Crippen LogP contribution in [0.4, 0.5) is 0 Å². The van der Waals surface area contributed by atoms with Crippen molar-refractivity contribution in [2.24, 2.45) is 17.8 Å². The molecule has 6 nitrogen and oxygen atoms in total. The zero-order valence-corrected chi connectivity index (χ0v) is 20.6. The van der Waals surface area contributed by atoms with Crippen LogP contribution in [0.3, 0.4) is 0 Å². The first-order valence-corrected chi connectivity index (χ1v) is 12.3. The van der Waals surface area contributed by atoms with Crippen molar-refractivity contribution in [2.75, 3.05) is 20.3 Å². The monoisotopic (exact) mass is 456 g/mol. The van der Waals surface area contributed by atoms with Crippen molar-refractivity contribution >= 4 is 21.2 Å². The molecule has 5 unspecified atom stereocenters. The smallest absolute Gasteiger partial charge is 0.305 e. The highest BCUT2D eigenvalue weighted by Gasteiger charge is 2.44. The molecule has 1 saturated heterocycles. The summed E-state index contributed by atoms with van der Waals surface area (Å²) < 4.78 is 22.4. The van der Waals surface area contributed by atoms with Crippen molar-refractivity contribution in [1.29, 1.82) is 0 Å². The quantitative estimate of drug-likeness (QED) is 0.158. The molecule has 2 aliphatic rings. The van der Waals surface area contributed by atoms with Gasteiger partial charge in [-0.05, 0) is 37.5 Å². The van der Waals surface area contributed by atoms with Gasteiger partial charge in [0.2, 0.25) is 0 Å². The molecular weight excluding hydrogens is 415 g/mol. The number of rotatable bonds is 14. The summed E-state index contributed by atoms with van der Waals surface area (Å²) in [7, 11) is 3.76. The van der Waals surface area contributed by atoms with Gasteiger partial charge < -0.3 is 18.7 Å². The predicted molar refractivity (Wildman–Crippen MR) is 123 cm³/mol. The van der Waals surface area contributed by atoms with E-state index in [9.17, 15) is 9.59 Å². The van der Waals surface area contributed by atoms with Gasteiger partial charge in [0.1, 0.15) is 5.78 Å². The SMILES string of the molecule is CCCCCC1(CCC2C(OP)CC(=O)C2C/C=C/CC(C)CC(=O)OC)OCCO1. The van der Waals surface area contributed by atoms with Crippen LogP contribution in [0.25, 0.3) is 0 Å². The summed E-state index contributed by atoms with van der Waals surface area (Å²) in [5.74, 6) is -0.0448. The number of allylic oxidation sites excluding steroid dienone is 2. The molecule has 1 heterocycles. The fourth-order valence-electron chi connectivity index (χ4n) is 4.81. The molecule has 178 valence electrons. The number of ketones is 1. The molecule has 0 N–H and O–H groups in total. The first-order valence-electron chi connectivity index (χ1n) is 11.8. The minimum absolute atomic E-state index is 0.0354. The summed E-state index contributed by atoms with van der Waals surface area (Å²) in [5, 5.41) is 0. The molecule has 0 amide bonds. The first-order chi connectivity index (χ1) is 14.9. The van der Waals surface area contributed by atoms with Gasteiger partial charge in [-0.25, -0.2) is 0 Å². The van der Waals surface area contributed by atoms with Crippen LogP contribution in [0.2, 0.25) is 0 Å². The summed E-state index contributed by atoms with van der Waals surface area (Å²) in [6, 6.07) is 0. The Hall–Kier alpha value is -0.810. The van der Waals surface area contributed by atoms with Crippen LogP contribution in [-0.2, 0) is 28.3 Å². The summed E-state index contributed by atoms with van der Waals surface area (Å²) in [6.45, 7) is 5.52. The second-order valence-corrected chi connectivity index (χ2v) is 9.32. The normalized spacial score (nSPS) is 26.6. The van der Waals surface area contributed by atoms with Gasteiger partial charge in [-0.3, -0.25) is 9.59 Å². The zero-order chi connectivity index (χ0) is 22.7. The van der Waals surface area contributed by atoms with Crippen LogP contribution >= 0.6 is 9.47 Å². The molecule has 7 heteroatoms. The Kier molecular flexibility index (Phi) is 11.7. The largest absolute Gasteiger partial charge is 0.469 e. The number of carbonyl (C=O) groups is 2. The van der Waals surface area contributed by atoms with E-state index in [1.54, 1.807) is 0 Å². The Bertz CT molecular complexity index is 587. The molecule has 0 aromatic heterocycles. The molecule has 2 fully saturated rings. The van der Waals surface area contributed by atoms with Crippen LogP contribution in [0.5, 0.6) is 0 Å². The van der Waals surface area contributed by atoms with E-state index in [0.29, 0.717) is 32.5 Å². The van der Waals surface area contributed by atoms with E-state index in [0.717, 1.165) is 32.1 Å². The van der Waals surface area contributed by atoms with E-state index in [4.69, 9.17) is 18.7 Å². The van der Waals surface area contributed by atoms with Crippen molar-refractivity contribution in [3.05, 3.63) is 12.2 Å². The number of carbonyl (C=O) groups excluding carboxylic acids is 2. The Morgan fingerprint density at radius 3 is 2.65 bits per heavy atom. The molecule has 0 radical (unpaired) electrons. The van der Waals surface area contributed by atoms with Crippen LogP contribution in [0.15, 0.2) is 12.2 Å². The maximum Gasteiger partial charge on any atom is 0.305 e. The lowest BCUT2D eigenvalue weighted by Gasteiger charge is -2.31. The van der Waals surface area contributed by atoms with E-state index in [-0.39, 0.29) is 35.6 Å². The van der Waals surface area contributed by atoms with Crippen molar-refractivity contribution in [2.45, 2.75) is 89.9 Å². The van der Waals surface area contributed by atoms with E-state index in [1.807, 2.05) is 6.92 Å². The fraction of sp³-hybridized carbons (Fsp3) is 0.833. The number of hydrogen-bond donors (Lipinski definition) is 0. The molecule has 2 rings (SSSR count). The molecule has 0 bridgehead atoms. The molecule has 0 spiro atoms. The Labute approximate surface area is 190 Å². The summed E-state index contributed by atoms with van der Waals surface area (Å²) in [6.07, 6.45) is 12.5. The van der Waals surface area contributed by atoms with Gasteiger partial charge in [-0.15, -0.1) is 0 Å². The molecular formula is C24H41O6P. The maximum atomic E-state index is 12.7. The van der Waals surface area contributed by atoms with Gasteiger partial charge in [0.05, 0.1) is 26.4 Å². The van der Waals surface area contributed by atoms with Crippen molar-refractivity contribution in [1.82, 2.24) is 0 Å². The van der Waals surface area contributed by atoms with E-state index in [2.05, 4.69) is 28.5 Å². The van der Waals surface area contributed by atoms with Crippen LogP contribution < -0.4 is 0 Å². The number of Topliss-reactive ketones (excluding diaryl/α,β-unsaturated/α-hetero) is 1. The lowest BCUT2D eigenvalue weighted by atomic mass is 9.85. The van der Waals surface area contributed by atoms with E-state index >= 15 is 0 Å². The standard InChI is InChI=1S/C24H41O6P/c1-4-5-8-12-24(28-14-15-29-24)13-11-20-19(21(25)17-22(20)30-31)10-7-6-9-18(2)16-23(26)27-3/h6-7,18-20,22H,4-5,8-17,31H2,1-3H3/b7-6+. The topological polar surface area (TPSA) is 71.1 Å². The molecule has 0 aromatic carbocycles. The Morgan fingerprint density at radius 2 is 2.00 bits per heavy atom. The highest BCUT2D eigenvalue weighted by atomic mass is 31.0. The fourth-order valence-corrected chi connectivity index (χ4v) is 5.10. The number of hydrogen-bond acceptors (Lipinski definition) is 6. The van der Waals surface area contributed by atoms with E-state index < -0.39 is 5.79 Å². The summed E-state index contributed by atoms with van der Waals surface area (Å²) in [4.78, 5) is 24.1. The Morgan fingerprint density at radius 1 is 1.26 bits per heavy atom. The lowest BCUT2D eigenvalue weighted by molar-refractivity contribution is -0.171. The zero-order valence-electron chi connectivity index (χ0n) is 19.5. The third-order valence-electron chi connectivity index (χ3n) is 6.66. The van der Waals surface area contributed by atoms with Crippen LogP contribution in [0, 0.1) is 17.8 Å². The van der Waals surface area contributed by atoms with Gasteiger partial charge in [-0.1, -0.05) is 38.8 Å². The molecule has 31 heavy (non-hydrogen) atoms. The van der Waals surface area contributed by atoms with Gasteiger partial charge in [0, 0.05) is 41.1 Å². The third kappa shape index (κ3) is 8.24. The highest BCUT2D eigenvalue weighted by molar-refractivity contribution is 7.09. The van der Waals surface area contributed by atoms with Crippen molar-refractivity contribution in [3.63, 3.8) is 0 Å². The van der Waals surface area contributed by atoms with Crippen LogP contribution in [-0.4, -0.2) is 44.0 Å². The predicted octanol–water partition coefficient (Wildman–Crippen LogP) is 5.01. The second-order valence-electron chi connectivity index (χ2n) is 9.05. The van der Waals surface area contributed by atoms with Crippen molar-refractivity contribution in [3.8, 4) is 0 Å². The number of esters is 1. The van der Waals surface area contributed by atoms with Gasteiger partial charge in [-0.2, -0.15) is 0 Å².